The summed E-state index contributed by atoms with van der Waals surface area (Å²) in [5, 5.41) is 9.79. The summed E-state index contributed by atoms with van der Waals surface area (Å²) in [6, 6.07) is 22.7. The van der Waals surface area contributed by atoms with Crippen LogP contribution in [0, 0.1) is 0 Å². The maximum Gasteiger partial charge on any atom is 0.236 e. The van der Waals surface area contributed by atoms with Gasteiger partial charge in [0.15, 0.2) is 0 Å². The Bertz CT molecular complexity index is 1070. The minimum absolute atomic E-state index is 0.0392. The first-order valence-electron chi connectivity index (χ1n) is 10.4. The number of H-pyrrole nitrogens is 1. The third-order valence-electron chi connectivity index (χ3n) is 5.47. The van der Waals surface area contributed by atoms with Crippen LogP contribution in [0.2, 0.25) is 0 Å². The van der Waals surface area contributed by atoms with Crippen LogP contribution in [0.25, 0.3) is 10.9 Å². The molecule has 0 aliphatic rings. The highest BCUT2D eigenvalue weighted by Gasteiger charge is 2.20. The topological polar surface area (TPSA) is 56.9 Å². The lowest BCUT2D eigenvalue weighted by atomic mass is 9.90. The molecule has 2 aromatic heterocycles. The molecular weight excluding hydrogens is 390 g/mol. The quantitative estimate of drug-likeness (QED) is 0.370. The number of carbonyl (C=O) groups is 1. The molecular formula is C25H27N3OS. The SMILES string of the molecule is C[C@@H](NC[C@@H](c1ccccc1)c1c[nH]c2ccccc12)C(=O)NCCc1cccs1. The number of hydrogen-bond donors (Lipinski definition) is 3. The highest BCUT2D eigenvalue weighted by Crippen LogP contribution is 2.30. The van der Waals surface area contributed by atoms with Gasteiger partial charge < -0.3 is 15.6 Å². The Labute approximate surface area is 181 Å². The van der Waals surface area contributed by atoms with E-state index in [4.69, 9.17) is 0 Å². The van der Waals surface area contributed by atoms with Crippen molar-refractivity contribution in [3.05, 3.63) is 94.3 Å². The molecule has 2 aromatic carbocycles. The van der Waals surface area contributed by atoms with Crippen molar-refractivity contribution in [1.82, 2.24) is 15.6 Å². The highest BCUT2D eigenvalue weighted by molar-refractivity contribution is 7.09. The van der Waals surface area contributed by atoms with Crippen molar-refractivity contribution >= 4 is 28.1 Å². The summed E-state index contributed by atoms with van der Waals surface area (Å²) in [5.41, 5.74) is 3.61. The van der Waals surface area contributed by atoms with Crippen LogP contribution in [-0.4, -0.2) is 30.0 Å². The summed E-state index contributed by atoms with van der Waals surface area (Å²) >= 11 is 1.72. The summed E-state index contributed by atoms with van der Waals surface area (Å²) in [7, 11) is 0. The maximum absolute atomic E-state index is 12.5. The number of hydrogen-bond acceptors (Lipinski definition) is 3. The number of rotatable bonds is 9. The second kappa shape index (κ2) is 9.74. The largest absolute Gasteiger partial charge is 0.361 e. The van der Waals surface area contributed by atoms with E-state index in [1.54, 1.807) is 11.3 Å². The van der Waals surface area contributed by atoms with E-state index in [2.05, 4.69) is 75.7 Å². The Morgan fingerprint density at radius 2 is 1.83 bits per heavy atom. The molecule has 0 bridgehead atoms. The van der Waals surface area contributed by atoms with E-state index in [0.717, 1.165) is 11.9 Å². The minimum Gasteiger partial charge on any atom is -0.361 e. The number of aromatic nitrogens is 1. The molecule has 3 N–H and O–H groups in total. The zero-order valence-corrected chi connectivity index (χ0v) is 17.9. The van der Waals surface area contributed by atoms with Gasteiger partial charge in [-0.2, -0.15) is 0 Å². The number of amides is 1. The molecule has 154 valence electrons. The zero-order chi connectivity index (χ0) is 20.8. The first-order valence-corrected chi connectivity index (χ1v) is 11.2. The number of benzene rings is 2. The molecule has 0 aliphatic carbocycles. The molecule has 2 heterocycles. The predicted octanol–water partition coefficient (Wildman–Crippen LogP) is 4.70. The molecule has 4 rings (SSSR count). The van der Waals surface area contributed by atoms with Crippen molar-refractivity contribution in [2.24, 2.45) is 0 Å². The van der Waals surface area contributed by atoms with E-state index < -0.39 is 0 Å². The Hall–Kier alpha value is -2.89. The van der Waals surface area contributed by atoms with Crippen LogP contribution in [-0.2, 0) is 11.2 Å². The van der Waals surface area contributed by atoms with Crippen LogP contribution < -0.4 is 10.6 Å². The van der Waals surface area contributed by atoms with Gasteiger partial charge in [-0.05, 0) is 42.0 Å². The van der Waals surface area contributed by atoms with Gasteiger partial charge in [0.2, 0.25) is 5.91 Å². The summed E-state index contributed by atoms with van der Waals surface area (Å²) in [4.78, 5) is 17.2. The van der Waals surface area contributed by atoms with Crippen molar-refractivity contribution in [2.45, 2.75) is 25.3 Å². The summed E-state index contributed by atoms with van der Waals surface area (Å²) in [5.74, 6) is 0.195. The molecule has 0 unspecified atom stereocenters. The van der Waals surface area contributed by atoms with Gasteiger partial charge in [-0.3, -0.25) is 4.79 Å². The lowest BCUT2D eigenvalue weighted by Gasteiger charge is -2.21. The summed E-state index contributed by atoms with van der Waals surface area (Å²) in [6.45, 7) is 3.28. The Morgan fingerprint density at radius 3 is 2.63 bits per heavy atom. The first-order chi connectivity index (χ1) is 14.7. The van der Waals surface area contributed by atoms with Crippen molar-refractivity contribution in [3.63, 3.8) is 0 Å². The number of nitrogens with one attached hydrogen (secondary N) is 3. The number of para-hydroxylation sites is 1. The molecule has 4 nitrogen and oxygen atoms in total. The van der Waals surface area contributed by atoms with Gasteiger partial charge in [-0.1, -0.05) is 54.6 Å². The van der Waals surface area contributed by atoms with Gasteiger partial charge in [0, 0.05) is 41.0 Å². The fourth-order valence-corrected chi connectivity index (χ4v) is 4.49. The predicted molar refractivity (Wildman–Crippen MR) is 125 cm³/mol. The summed E-state index contributed by atoms with van der Waals surface area (Å²) < 4.78 is 0. The van der Waals surface area contributed by atoms with Gasteiger partial charge in [-0.25, -0.2) is 0 Å². The molecule has 30 heavy (non-hydrogen) atoms. The van der Waals surface area contributed by atoms with Crippen LogP contribution >= 0.6 is 11.3 Å². The lowest BCUT2D eigenvalue weighted by Crippen LogP contribution is -2.44. The van der Waals surface area contributed by atoms with E-state index in [1.807, 2.05) is 25.1 Å². The van der Waals surface area contributed by atoms with Crippen LogP contribution in [0.3, 0.4) is 0 Å². The molecule has 0 saturated heterocycles. The molecule has 0 aliphatic heterocycles. The zero-order valence-electron chi connectivity index (χ0n) is 17.1. The first kappa shape index (κ1) is 20.4. The van der Waals surface area contributed by atoms with Crippen molar-refractivity contribution < 1.29 is 4.79 Å². The number of fused-ring (bicyclic) bond motifs is 1. The number of carbonyl (C=O) groups excluding carboxylic acids is 1. The van der Waals surface area contributed by atoms with Gasteiger partial charge in [-0.15, -0.1) is 11.3 Å². The molecule has 0 fully saturated rings. The van der Waals surface area contributed by atoms with E-state index >= 15 is 0 Å². The third-order valence-corrected chi connectivity index (χ3v) is 6.41. The Morgan fingerprint density at radius 1 is 1.03 bits per heavy atom. The second-order valence-electron chi connectivity index (χ2n) is 7.50. The monoisotopic (exact) mass is 417 g/mol. The summed E-state index contributed by atoms with van der Waals surface area (Å²) in [6.07, 6.45) is 2.97. The van der Waals surface area contributed by atoms with E-state index in [1.165, 1.54) is 21.4 Å². The van der Waals surface area contributed by atoms with Crippen LogP contribution in [0.4, 0.5) is 0 Å². The molecule has 1 amide bonds. The molecule has 5 heteroatoms. The Balaban J connectivity index is 1.42. The van der Waals surface area contributed by atoms with E-state index in [0.29, 0.717) is 13.1 Å². The second-order valence-corrected chi connectivity index (χ2v) is 8.54. The van der Waals surface area contributed by atoms with E-state index in [9.17, 15) is 4.79 Å². The molecule has 4 aromatic rings. The number of aromatic amines is 1. The van der Waals surface area contributed by atoms with Gasteiger partial charge in [0.1, 0.15) is 0 Å². The van der Waals surface area contributed by atoms with Crippen molar-refractivity contribution in [3.8, 4) is 0 Å². The van der Waals surface area contributed by atoms with Gasteiger partial charge in [0.05, 0.1) is 6.04 Å². The van der Waals surface area contributed by atoms with Crippen LogP contribution in [0.5, 0.6) is 0 Å². The fraction of sp³-hybridized carbons (Fsp3) is 0.240. The number of thiophene rings is 1. The normalized spacial score (nSPS) is 13.2. The Kier molecular flexibility index (Phi) is 6.62. The average Bonchev–Trinajstić information content (AvgIpc) is 3.45. The third kappa shape index (κ3) is 4.81. The molecule has 0 saturated carbocycles. The standard InChI is InChI=1S/C25H27N3OS/c1-18(25(29)26-14-13-20-10-7-15-30-20)27-16-22(19-8-3-2-4-9-19)23-17-28-24-12-6-5-11-21(23)24/h2-12,15,17-18,22,27-28H,13-14,16H2,1H3,(H,26,29)/t18-,22+/m1/s1. The lowest BCUT2D eigenvalue weighted by molar-refractivity contribution is -0.122. The van der Waals surface area contributed by atoms with Gasteiger partial charge >= 0.3 is 0 Å². The molecule has 2 atom stereocenters. The minimum atomic E-state index is -0.259. The van der Waals surface area contributed by atoms with Crippen molar-refractivity contribution in [1.29, 1.82) is 0 Å². The maximum atomic E-state index is 12.5. The average molecular weight is 418 g/mol. The smallest absolute Gasteiger partial charge is 0.236 e. The fourth-order valence-electron chi connectivity index (χ4n) is 3.78. The van der Waals surface area contributed by atoms with Crippen LogP contribution in [0.1, 0.15) is 28.8 Å². The molecule has 0 spiro atoms. The van der Waals surface area contributed by atoms with Crippen molar-refractivity contribution in [2.75, 3.05) is 13.1 Å². The van der Waals surface area contributed by atoms with E-state index in [-0.39, 0.29) is 17.9 Å². The highest BCUT2D eigenvalue weighted by atomic mass is 32.1. The van der Waals surface area contributed by atoms with Gasteiger partial charge in [0.25, 0.3) is 0 Å². The van der Waals surface area contributed by atoms with Crippen LogP contribution in [0.15, 0.2) is 78.3 Å². The molecule has 0 radical (unpaired) electrons.